The van der Waals surface area contributed by atoms with E-state index in [0.29, 0.717) is 5.71 Å². The molecule has 0 saturated heterocycles. The zero-order valence-electron chi connectivity index (χ0n) is 11.3. The van der Waals surface area contributed by atoms with Crippen molar-refractivity contribution in [2.75, 3.05) is 6.54 Å². The van der Waals surface area contributed by atoms with Crippen molar-refractivity contribution in [2.45, 2.75) is 39.3 Å². The first-order chi connectivity index (χ1) is 8.57. The molecule has 18 heavy (non-hydrogen) atoms. The molecule has 1 heterocycles. The number of carbonyl (C=O) groups excluding carboxylic acids is 1. The number of benzene rings is 1. The van der Waals surface area contributed by atoms with Gasteiger partial charge in [-0.05, 0) is 32.3 Å². The highest BCUT2D eigenvalue weighted by Crippen LogP contribution is 2.27. The maximum atomic E-state index is 12.1. The van der Waals surface area contributed by atoms with Crippen LogP contribution in [0.4, 0.5) is 0 Å². The second kappa shape index (κ2) is 4.92. The Morgan fingerprint density at radius 1 is 1.28 bits per heavy atom. The van der Waals surface area contributed by atoms with Crippen molar-refractivity contribution in [1.82, 2.24) is 4.90 Å². The van der Waals surface area contributed by atoms with E-state index in [0.717, 1.165) is 19.4 Å². The summed E-state index contributed by atoms with van der Waals surface area (Å²) in [5.74, 6) is 0.0790. The fourth-order valence-electron chi connectivity index (χ4n) is 2.38. The Morgan fingerprint density at radius 2 is 1.94 bits per heavy atom. The largest absolute Gasteiger partial charge is 0.313 e. The Kier molecular flexibility index (Phi) is 3.50. The molecule has 1 aromatic carbocycles. The third kappa shape index (κ3) is 2.30. The van der Waals surface area contributed by atoms with Gasteiger partial charge < -0.3 is 4.90 Å². The van der Waals surface area contributed by atoms with E-state index in [-0.39, 0.29) is 11.6 Å². The molecule has 3 nitrogen and oxygen atoms in total. The summed E-state index contributed by atoms with van der Waals surface area (Å²) < 4.78 is 0. The summed E-state index contributed by atoms with van der Waals surface area (Å²) in [4.78, 5) is 18.5. The van der Waals surface area contributed by atoms with Gasteiger partial charge in [0.15, 0.2) is 0 Å². The lowest BCUT2D eigenvalue weighted by Gasteiger charge is -2.32. The van der Waals surface area contributed by atoms with Crippen LogP contribution in [0.15, 0.2) is 35.3 Å². The summed E-state index contributed by atoms with van der Waals surface area (Å²) in [7, 11) is 0. The summed E-state index contributed by atoms with van der Waals surface area (Å²) in [6.07, 6.45) is 1.73. The minimum Gasteiger partial charge on any atom is -0.313 e. The molecule has 1 aliphatic heterocycles. The summed E-state index contributed by atoms with van der Waals surface area (Å²) >= 11 is 0. The third-order valence-corrected chi connectivity index (χ3v) is 3.68. The van der Waals surface area contributed by atoms with E-state index in [1.54, 1.807) is 6.92 Å². The van der Waals surface area contributed by atoms with Gasteiger partial charge in [0.2, 0.25) is 0 Å². The zero-order chi connectivity index (χ0) is 13.2. The van der Waals surface area contributed by atoms with Crippen LogP contribution in [0.25, 0.3) is 0 Å². The van der Waals surface area contributed by atoms with Crippen LogP contribution >= 0.6 is 0 Å². The fourth-order valence-corrected chi connectivity index (χ4v) is 2.38. The highest BCUT2D eigenvalue weighted by atomic mass is 16.2. The Bertz CT molecular complexity index is 467. The molecule has 2 rings (SSSR count). The lowest BCUT2D eigenvalue weighted by molar-refractivity contribution is -0.127. The average molecular weight is 244 g/mol. The molecule has 1 atom stereocenters. The quantitative estimate of drug-likeness (QED) is 0.801. The van der Waals surface area contributed by atoms with E-state index in [1.807, 2.05) is 30.0 Å². The van der Waals surface area contributed by atoms with Crippen LogP contribution in [0, 0.1) is 0 Å². The minimum atomic E-state index is -0.351. The van der Waals surface area contributed by atoms with Crippen LogP contribution in [0.2, 0.25) is 0 Å². The summed E-state index contributed by atoms with van der Waals surface area (Å²) in [5.41, 5.74) is 1.54. The van der Waals surface area contributed by atoms with Crippen molar-refractivity contribution in [1.29, 1.82) is 0 Å². The number of rotatable bonds is 4. The normalized spacial score (nSPS) is 23.4. The Morgan fingerprint density at radius 3 is 2.56 bits per heavy atom. The lowest BCUT2D eigenvalue weighted by atomic mass is 10.1. The number of hydrogen-bond acceptors (Lipinski definition) is 2. The van der Waals surface area contributed by atoms with Crippen LogP contribution < -0.4 is 0 Å². The number of hydrogen-bond donors (Lipinski definition) is 0. The van der Waals surface area contributed by atoms with Crippen LogP contribution in [0.5, 0.6) is 0 Å². The molecule has 1 amide bonds. The van der Waals surface area contributed by atoms with E-state index in [9.17, 15) is 4.79 Å². The van der Waals surface area contributed by atoms with Crippen LogP contribution in [-0.2, 0) is 11.2 Å². The summed E-state index contributed by atoms with van der Waals surface area (Å²) in [6.45, 7) is 6.64. The molecule has 0 spiro atoms. The van der Waals surface area contributed by atoms with Gasteiger partial charge in [-0.25, -0.2) is 0 Å². The van der Waals surface area contributed by atoms with Gasteiger partial charge in [0.1, 0.15) is 5.66 Å². The molecule has 0 saturated carbocycles. The number of nitrogens with zero attached hydrogens (tertiary/aromatic N) is 2. The van der Waals surface area contributed by atoms with Gasteiger partial charge in [-0.1, -0.05) is 37.3 Å². The van der Waals surface area contributed by atoms with Crippen molar-refractivity contribution in [3.05, 3.63) is 35.9 Å². The van der Waals surface area contributed by atoms with Crippen LogP contribution in [0.1, 0.15) is 32.8 Å². The smallest absolute Gasteiger partial charge is 0.269 e. The molecule has 0 unspecified atom stereocenters. The van der Waals surface area contributed by atoms with Crippen molar-refractivity contribution in [3.63, 3.8) is 0 Å². The molecule has 96 valence electrons. The van der Waals surface area contributed by atoms with E-state index in [1.165, 1.54) is 5.56 Å². The van der Waals surface area contributed by atoms with Gasteiger partial charge in [0, 0.05) is 6.54 Å². The molecule has 0 bridgehead atoms. The minimum absolute atomic E-state index is 0.0790. The van der Waals surface area contributed by atoms with E-state index in [2.05, 4.69) is 24.0 Å². The maximum Gasteiger partial charge on any atom is 0.269 e. The first kappa shape index (κ1) is 12.8. The van der Waals surface area contributed by atoms with Gasteiger partial charge >= 0.3 is 0 Å². The van der Waals surface area contributed by atoms with Crippen molar-refractivity contribution < 1.29 is 4.79 Å². The number of carbonyl (C=O) groups is 1. The first-order valence-corrected chi connectivity index (χ1v) is 6.49. The molecule has 0 radical (unpaired) electrons. The maximum absolute atomic E-state index is 12.1. The number of aliphatic imine (C=N–C) groups is 1. The number of amides is 1. The van der Waals surface area contributed by atoms with Gasteiger partial charge in [0.05, 0.1) is 5.71 Å². The van der Waals surface area contributed by atoms with Gasteiger partial charge in [-0.15, -0.1) is 0 Å². The Labute approximate surface area is 109 Å². The zero-order valence-corrected chi connectivity index (χ0v) is 11.3. The van der Waals surface area contributed by atoms with Crippen LogP contribution in [-0.4, -0.2) is 28.7 Å². The molecular formula is C15H20N2O. The highest BCUT2D eigenvalue weighted by Gasteiger charge is 2.39. The van der Waals surface area contributed by atoms with Crippen molar-refractivity contribution in [3.8, 4) is 0 Å². The fraction of sp³-hybridized carbons (Fsp3) is 0.467. The SMILES string of the molecule is CC[C@]1(C)N=C(C)C(=O)N1CCc1ccccc1. The topological polar surface area (TPSA) is 32.7 Å². The van der Waals surface area contributed by atoms with E-state index < -0.39 is 0 Å². The average Bonchev–Trinajstić information content (AvgIpc) is 2.60. The van der Waals surface area contributed by atoms with E-state index in [4.69, 9.17) is 0 Å². The standard InChI is InChI=1S/C15H20N2O/c1-4-15(3)16-12(2)14(18)17(15)11-10-13-8-6-5-7-9-13/h5-9H,4,10-11H2,1-3H3/t15-/m1/s1. The van der Waals surface area contributed by atoms with Gasteiger partial charge in [0.25, 0.3) is 5.91 Å². The third-order valence-electron chi connectivity index (χ3n) is 3.68. The molecule has 3 heteroatoms. The highest BCUT2D eigenvalue weighted by molar-refractivity contribution is 6.39. The molecule has 1 aromatic rings. The monoisotopic (exact) mass is 244 g/mol. The summed E-state index contributed by atoms with van der Waals surface area (Å²) in [6, 6.07) is 10.3. The predicted octanol–water partition coefficient (Wildman–Crippen LogP) is 2.66. The Balaban J connectivity index is 2.07. The van der Waals surface area contributed by atoms with Gasteiger partial charge in [-0.3, -0.25) is 9.79 Å². The summed E-state index contributed by atoms with van der Waals surface area (Å²) in [5, 5.41) is 0. The Hall–Kier alpha value is -1.64. The molecule has 1 aliphatic rings. The van der Waals surface area contributed by atoms with Gasteiger partial charge in [-0.2, -0.15) is 0 Å². The molecule has 0 fully saturated rings. The van der Waals surface area contributed by atoms with Crippen LogP contribution in [0.3, 0.4) is 0 Å². The first-order valence-electron chi connectivity index (χ1n) is 6.49. The van der Waals surface area contributed by atoms with E-state index >= 15 is 0 Å². The van der Waals surface area contributed by atoms with Crippen molar-refractivity contribution >= 4 is 11.6 Å². The molecule has 0 aliphatic carbocycles. The molecular weight excluding hydrogens is 224 g/mol. The predicted molar refractivity (Wildman–Crippen MR) is 73.7 cm³/mol. The second-order valence-electron chi connectivity index (χ2n) is 4.96. The second-order valence-corrected chi connectivity index (χ2v) is 4.96. The van der Waals surface area contributed by atoms with Crippen molar-refractivity contribution in [2.24, 2.45) is 4.99 Å². The lowest BCUT2D eigenvalue weighted by Crippen LogP contribution is -2.45. The molecule has 0 aromatic heterocycles. The molecule has 0 N–H and O–H groups in total.